The zero-order valence-corrected chi connectivity index (χ0v) is 20.0. The van der Waals surface area contributed by atoms with Crippen molar-refractivity contribution in [3.63, 3.8) is 0 Å². The fraction of sp³-hybridized carbons (Fsp3) is 0.680. The van der Waals surface area contributed by atoms with Gasteiger partial charge >= 0.3 is 0 Å². The average Bonchev–Trinajstić information content (AvgIpc) is 2.79. The summed E-state index contributed by atoms with van der Waals surface area (Å²) in [6.07, 6.45) is 15.6. The maximum absolute atomic E-state index is 12.0. The van der Waals surface area contributed by atoms with Crippen LogP contribution in [0.4, 0.5) is 0 Å². The average molecular weight is 447 g/mol. The Balaban J connectivity index is 2.00. The molecule has 1 aromatic heterocycles. The number of rotatable bonds is 18. The summed E-state index contributed by atoms with van der Waals surface area (Å²) in [5.74, 6) is -0.362. The highest BCUT2D eigenvalue weighted by atomic mass is 16.2. The number of hydrogen-bond donors (Lipinski definition) is 3. The molecule has 0 aliphatic heterocycles. The van der Waals surface area contributed by atoms with Gasteiger partial charge in [0.05, 0.1) is 6.54 Å². The second kappa shape index (κ2) is 18.2. The second-order valence-electron chi connectivity index (χ2n) is 8.49. The van der Waals surface area contributed by atoms with Gasteiger partial charge < -0.3 is 16.0 Å². The number of carbonyl (C=O) groups is 3. The van der Waals surface area contributed by atoms with Gasteiger partial charge in [-0.05, 0) is 37.5 Å². The van der Waals surface area contributed by atoms with Crippen LogP contribution in [0.1, 0.15) is 96.5 Å². The molecule has 180 valence electrons. The third-order valence-corrected chi connectivity index (χ3v) is 5.40. The number of hydrogen-bond acceptors (Lipinski definition) is 4. The third kappa shape index (κ3) is 15.4. The largest absolute Gasteiger partial charge is 0.352 e. The van der Waals surface area contributed by atoms with Crippen LogP contribution in [0.25, 0.3) is 0 Å². The van der Waals surface area contributed by atoms with Crippen LogP contribution in [-0.2, 0) is 20.9 Å². The summed E-state index contributed by atoms with van der Waals surface area (Å²) >= 11 is 0. The lowest BCUT2D eigenvalue weighted by Crippen LogP contribution is -2.41. The molecule has 1 atom stereocenters. The van der Waals surface area contributed by atoms with Gasteiger partial charge in [0.1, 0.15) is 0 Å². The van der Waals surface area contributed by atoms with Gasteiger partial charge in [0.25, 0.3) is 0 Å². The Morgan fingerprint density at radius 1 is 0.812 bits per heavy atom. The lowest BCUT2D eigenvalue weighted by Gasteiger charge is -2.14. The Kier molecular flexibility index (Phi) is 15.7. The van der Waals surface area contributed by atoms with Crippen molar-refractivity contribution < 1.29 is 14.4 Å². The second-order valence-corrected chi connectivity index (χ2v) is 8.49. The van der Waals surface area contributed by atoms with Crippen LogP contribution in [0, 0.1) is 0 Å². The highest BCUT2D eigenvalue weighted by Crippen LogP contribution is 2.10. The summed E-state index contributed by atoms with van der Waals surface area (Å²) in [4.78, 5) is 39.8. The maximum Gasteiger partial charge on any atom is 0.239 e. The maximum atomic E-state index is 12.0. The van der Waals surface area contributed by atoms with Crippen LogP contribution in [0.3, 0.4) is 0 Å². The summed E-state index contributed by atoms with van der Waals surface area (Å²) in [5.41, 5.74) is 0.993. The van der Waals surface area contributed by atoms with Crippen molar-refractivity contribution in [1.82, 2.24) is 20.9 Å². The minimum Gasteiger partial charge on any atom is -0.352 e. The first-order valence-corrected chi connectivity index (χ1v) is 12.2. The molecule has 1 unspecified atom stereocenters. The van der Waals surface area contributed by atoms with E-state index in [-0.39, 0.29) is 30.3 Å². The molecule has 1 rings (SSSR count). The van der Waals surface area contributed by atoms with E-state index < -0.39 is 0 Å². The molecule has 0 aliphatic rings. The quantitative estimate of drug-likeness (QED) is 0.297. The van der Waals surface area contributed by atoms with E-state index in [0.717, 1.165) is 18.4 Å². The first kappa shape index (κ1) is 27.6. The number of nitrogens with zero attached hydrogens (tertiary/aromatic N) is 1. The molecule has 7 nitrogen and oxygen atoms in total. The molecule has 3 N–H and O–H groups in total. The van der Waals surface area contributed by atoms with Crippen LogP contribution < -0.4 is 16.0 Å². The van der Waals surface area contributed by atoms with E-state index in [9.17, 15) is 14.4 Å². The SMILES string of the molecule is CCCCCCCCCCCC(=O)NCC(=O)NC(C)CCC(=O)NCc1ccncc1. The standard InChI is InChI=1S/C25H42N4O3/c1-3-4-5-6-7-8-9-10-11-12-23(30)28-20-25(32)29-21(2)13-14-24(31)27-19-22-15-17-26-18-16-22/h15-18,21H,3-14,19-20H2,1-2H3,(H,27,31)(H,28,30)(H,29,32). The van der Waals surface area contributed by atoms with Gasteiger partial charge in [-0.1, -0.05) is 58.3 Å². The van der Waals surface area contributed by atoms with Crippen LogP contribution in [-0.4, -0.2) is 35.3 Å². The fourth-order valence-electron chi connectivity index (χ4n) is 3.40. The Labute approximate surface area is 193 Å². The normalized spacial score (nSPS) is 11.6. The molecule has 0 saturated heterocycles. The molecule has 0 aromatic carbocycles. The van der Waals surface area contributed by atoms with E-state index in [1.165, 1.54) is 44.9 Å². The van der Waals surface area contributed by atoms with E-state index in [2.05, 4.69) is 27.9 Å². The number of pyridine rings is 1. The molecule has 1 aromatic rings. The molecular weight excluding hydrogens is 404 g/mol. The Morgan fingerprint density at radius 2 is 1.41 bits per heavy atom. The zero-order chi connectivity index (χ0) is 23.4. The zero-order valence-electron chi connectivity index (χ0n) is 20.0. The topological polar surface area (TPSA) is 100 Å². The van der Waals surface area contributed by atoms with Gasteiger partial charge in [0.15, 0.2) is 0 Å². The summed E-state index contributed by atoms with van der Waals surface area (Å²) in [5, 5.41) is 8.36. The Hall–Kier alpha value is -2.44. The number of amides is 3. The lowest BCUT2D eigenvalue weighted by molar-refractivity contribution is -0.126. The van der Waals surface area contributed by atoms with E-state index in [1.54, 1.807) is 12.4 Å². The fourth-order valence-corrected chi connectivity index (χ4v) is 3.40. The van der Waals surface area contributed by atoms with Crippen LogP contribution in [0.2, 0.25) is 0 Å². The van der Waals surface area contributed by atoms with Crippen molar-refractivity contribution in [2.24, 2.45) is 0 Å². The molecule has 0 radical (unpaired) electrons. The monoisotopic (exact) mass is 446 g/mol. The molecule has 7 heteroatoms. The molecule has 32 heavy (non-hydrogen) atoms. The molecule has 3 amide bonds. The molecule has 0 bridgehead atoms. The third-order valence-electron chi connectivity index (χ3n) is 5.40. The first-order valence-electron chi connectivity index (χ1n) is 12.2. The summed E-state index contributed by atoms with van der Waals surface area (Å²) < 4.78 is 0. The smallest absolute Gasteiger partial charge is 0.239 e. The van der Waals surface area contributed by atoms with Crippen LogP contribution in [0.5, 0.6) is 0 Å². The highest BCUT2D eigenvalue weighted by Gasteiger charge is 2.11. The predicted molar refractivity (Wildman–Crippen MR) is 128 cm³/mol. The van der Waals surface area contributed by atoms with Crippen molar-refractivity contribution in [3.05, 3.63) is 30.1 Å². The minimum absolute atomic E-state index is 0.0190. The molecule has 0 saturated carbocycles. The van der Waals surface area contributed by atoms with E-state index >= 15 is 0 Å². The first-order chi connectivity index (χ1) is 15.5. The van der Waals surface area contributed by atoms with E-state index in [0.29, 0.717) is 25.8 Å². The van der Waals surface area contributed by atoms with Crippen LogP contribution >= 0.6 is 0 Å². The highest BCUT2D eigenvalue weighted by molar-refractivity contribution is 5.84. The Morgan fingerprint density at radius 3 is 2.06 bits per heavy atom. The van der Waals surface area contributed by atoms with Gasteiger partial charge in [-0.25, -0.2) is 0 Å². The summed E-state index contributed by atoms with van der Waals surface area (Å²) in [6.45, 7) is 4.53. The van der Waals surface area contributed by atoms with Gasteiger partial charge in [0, 0.05) is 37.8 Å². The van der Waals surface area contributed by atoms with E-state index in [1.807, 2.05) is 19.1 Å². The van der Waals surface area contributed by atoms with Gasteiger partial charge in [-0.2, -0.15) is 0 Å². The van der Waals surface area contributed by atoms with Crippen molar-refractivity contribution in [2.45, 2.75) is 103 Å². The van der Waals surface area contributed by atoms with Crippen LogP contribution in [0.15, 0.2) is 24.5 Å². The number of carbonyl (C=O) groups excluding carboxylic acids is 3. The lowest BCUT2D eigenvalue weighted by atomic mass is 10.1. The van der Waals surface area contributed by atoms with E-state index in [4.69, 9.17) is 0 Å². The molecule has 0 fully saturated rings. The molecule has 0 aliphatic carbocycles. The number of aromatic nitrogens is 1. The summed E-state index contributed by atoms with van der Waals surface area (Å²) in [6, 6.07) is 3.57. The summed E-state index contributed by atoms with van der Waals surface area (Å²) in [7, 11) is 0. The van der Waals surface area contributed by atoms with Crippen molar-refractivity contribution in [1.29, 1.82) is 0 Å². The number of nitrogens with one attached hydrogen (secondary N) is 3. The molecule has 1 heterocycles. The van der Waals surface area contributed by atoms with Gasteiger partial charge in [-0.3, -0.25) is 19.4 Å². The minimum atomic E-state index is -0.227. The van der Waals surface area contributed by atoms with Crippen molar-refractivity contribution >= 4 is 17.7 Å². The van der Waals surface area contributed by atoms with Gasteiger partial charge in [0.2, 0.25) is 17.7 Å². The van der Waals surface area contributed by atoms with Crippen molar-refractivity contribution in [2.75, 3.05) is 6.54 Å². The number of unbranched alkanes of at least 4 members (excludes halogenated alkanes) is 8. The molecular formula is C25H42N4O3. The van der Waals surface area contributed by atoms with Crippen molar-refractivity contribution in [3.8, 4) is 0 Å². The predicted octanol–water partition coefficient (Wildman–Crippen LogP) is 4.02. The Bertz CT molecular complexity index is 652. The molecule has 0 spiro atoms. The van der Waals surface area contributed by atoms with Gasteiger partial charge in [-0.15, -0.1) is 0 Å².